The lowest BCUT2D eigenvalue weighted by molar-refractivity contribution is 0.0793. The minimum Gasteiger partial charge on any atom is -0.444 e. The molecule has 4 heterocycles. The van der Waals surface area contributed by atoms with E-state index < -0.39 is 11.5 Å². The van der Waals surface area contributed by atoms with Gasteiger partial charge in [-0.05, 0) is 77.8 Å². The number of benzene rings is 2. The fourth-order valence-electron chi connectivity index (χ4n) is 5.96. The topological polar surface area (TPSA) is 96.4 Å². The summed E-state index contributed by atoms with van der Waals surface area (Å²) in [4.78, 5) is 20.1. The monoisotopic (exact) mass is 499 g/mol. The first-order valence-corrected chi connectivity index (χ1v) is 13.0. The first kappa shape index (κ1) is 23.9. The van der Waals surface area contributed by atoms with E-state index in [1.54, 1.807) is 13.8 Å². The van der Waals surface area contributed by atoms with Crippen LogP contribution in [0, 0.1) is 6.92 Å². The van der Waals surface area contributed by atoms with Gasteiger partial charge in [0.1, 0.15) is 6.26 Å². The number of carbonyl (C=O) groups excluding carboxylic acids is 1. The van der Waals surface area contributed by atoms with Gasteiger partial charge in [-0.15, -0.1) is 0 Å². The van der Waals surface area contributed by atoms with Gasteiger partial charge in [0.15, 0.2) is 5.69 Å². The number of piperidine rings is 1. The van der Waals surface area contributed by atoms with E-state index in [4.69, 9.17) is 9.52 Å². The zero-order valence-electron chi connectivity index (χ0n) is 21.7. The summed E-state index contributed by atoms with van der Waals surface area (Å²) in [6.07, 6.45) is 8.13. The van der Waals surface area contributed by atoms with Gasteiger partial charge in [-0.25, -0.2) is 4.98 Å². The summed E-state index contributed by atoms with van der Waals surface area (Å²) in [5.41, 5.74) is 2.84. The molecule has 8 nitrogen and oxygen atoms in total. The van der Waals surface area contributed by atoms with Crippen LogP contribution in [0.2, 0.25) is 0 Å². The molecule has 0 radical (unpaired) electrons. The van der Waals surface area contributed by atoms with Crippen molar-refractivity contribution in [3.05, 3.63) is 65.7 Å². The van der Waals surface area contributed by atoms with E-state index in [1.165, 1.54) is 19.1 Å². The lowest BCUT2D eigenvalue weighted by Crippen LogP contribution is -2.40. The Labute approximate surface area is 216 Å². The standard InChI is InChI=1S/C29H33N5O3/c1-17-6-5-7-18(10-17)28-31-26(16-37-28)27(35)30-25-11-19-15-34(32-24(19)14-23(25)29(2,3)36)22-12-20-8-9-21(13-22)33(20)4/h5-7,10-11,14-16,20-22,36H,8-9,12-13H2,1-4H3,(H,30,35). The fraction of sp³-hybridized carbons (Fsp3) is 0.414. The highest BCUT2D eigenvalue weighted by atomic mass is 16.3. The Balaban J connectivity index is 1.29. The van der Waals surface area contributed by atoms with Crippen LogP contribution < -0.4 is 5.32 Å². The van der Waals surface area contributed by atoms with Crippen molar-refractivity contribution in [3.8, 4) is 11.5 Å². The molecule has 2 aliphatic heterocycles. The predicted molar refractivity (Wildman–Crippen MR) is 142 cm³/mol. The molecule has 4 aromatic rings. The molecule has 8 heteroatoms. The van der Waals surface area contributed by atoms with E-state index in [2.05, 4.69) is 33.1 Å². The predicted octanol–water partition coefficient (Wildman–Crippen LogP) is 5.28. The smallest absolute Gasteiger partial charge is 0.277 e. The maximum Gasteiger partial charge on any atom is 0.277 e. The first-order valence-electron chi connectivity index (χ1n) is 13.0. The van der Waals surface area contributed by atoms with Gasteiger partial charge >= 0.3 is 0 Å². The van der Waals surface area contributed by atoms with Crippen LogP contribution in [0.4, 0.5) is 5.69 Å². The van der Waals surface area contributed by atoms with Crippen LogP contribution in [-0.2, 0) is 5.60 Å². The number of hydrogen-bond donors (Lipinski definition) is 2. The second kappa shape index (κ2) is 8.82. The van der Waals surface area contributed by atoms with Crippen molar-refractivity contribution in [1.82, 2.24) is 19.7 Å². The second-order valence-corrected chi connectivity index (χ2v) is 11.2. The summed E-state index contributed by atoms with van der Waals surface area (Å²) >= 11 is 0. The van der Waals surface area contributed by atoms with Crippen molar-refractivity contribution in [2.45, 2.75) is 70.2 Å². The van der Waals surface area contributed by atoms with E-state index in [1.807, 2.05) is 43.3 Å². The van der Waals surface area contributed by atoms with Crippen LogP contribution in [0.15, 0.2) is 53.3 Å². The number of nitrogens with zero attached hydrogens (tertiary/aromatic N) is 4. The number of aromatic nitrogens is 3. The SMILES string of the molecule is Cc1cccc(-c2nc(C(=O)Nc3cc4cn(C5CC6CCC(C5)N6C)nc4cc3C(C)(C)O)co2)c1. The maximum atomic E-state index is 13.2. The summed E-state index contributed by atoms with van der Waals surface area (Å²) in [5, 5.41) is 19.7. The molecule has 2 bridgehead atoms. The average molecular weight is 500 g/mol. The van der Waals surface area contributed by atoms with E-state index in [0.29, 0.717) is 35.3 Å². The van der Waals surface area contributed by atoms with Crippen LogP contribution in [0.25, 0.3) is 22.4 Å². The summed E-state index contributed by atoms with van der Waals surface area (Å²) in [7, 11) is 2.24. The lowest BCUT2D eigenvalue weighted by Gasteiger charge is -2.36. The summed E-state index contributed by atoms with van der Waals surface area (Å²) in [6.45, 7) is 5.41. The fourth-order valence-corrected chi connectivity index (χ4v) is 5.96. The Morgan fingerprint density at radius 1 is 1.14 bits per heavy atom. The van der Waals surface area contributed by atoms with Crippen molar-refractivity contribution in [2.24, 2.45) is 0 Å². The van der Waals surface area contributed by atoms with E-state index >= 15 is 0 Å². The molecule has 192 valence electrons. The van der Waals surface area contributed by atoms with Crippen LogP contribution >= 0.6 is 0 Å². The normalized spacial score (nSPS) is 22.0. The number of aryl methyl sites for hydroxylation is 1. The number of oxazole rings is 1. The molecule has 2 saturated heterocycles. The van der Waals surface area contributed by atoms with Gasteiger partial charge < -0.3 is 19.7 Å². The number of rotatable bonds is 5. The van der Waals surface area contributed by atoms with Gasteiger partial charge in [0.05, 0.1) is 17.2 Å². The molecule has 37 heavy (non-hydrogen) atoms. The summed E-state index contributed by atoms with van der Waals surface area (Å²) in [5.74, 6) is -0.00725. The van der Waals surface area contributed by atoms with Crippen LogP contribution in [0.3, 0.4) is 0 Å². The molecule has 1 amide bonds. The highest BCUT2D eigenvalue weighted by Gasteiger charge is 2.39. The lowest BCUT2D eigenvalue weighted by atomic mass is 9.95. The van der Waals surface area contributed by atoms with E-state index in [9.17, 15) is 9.90 Å². The third kappa shape index (κ3) is 4.45. The Morgan fingerprint density at radius 3 is 2.59 bits per heavy atom. The number of amides is 1. The minimum atomic E-state index is -1.18. The molecule has 2 fully saturated rings. The number of anilines is 1. The highest BCUT2D eigenvalue weighted by molar-refractivity contribution is 6.04. The Morgan fingerprint density at radius 2 is 1.89 bits per heavy atom. The number of nitrogens with one attached hydrogen (secondary N) is 1. The quantitative estimate of drug-likeness (QED) is 0.388. The van der Waals surface area contributed by atoms with E-state index in [-0.39, 0.29) is 5.69 Å². The van der Waals surface area contributed by atoms with Crippen molar-refractivity contribution in [3.63, 3.8) is 0 Å². The minimum absolute atomic E-state index is 0.177. The Kier molecular flexibility index (Phi) is 5.69. The molecule has 0 aliphatic carbocycles. The summed E-state index contributed by atoms with van der Waals surface area (Å²) in [6, 6.07) is 13.1. The number of aliphatic hydroxyl groups is 1. The molecule has 2 aromatic heterocycles. The third-order valence-corrected chi connectivity index (χ3v) is 8.02. The number of hydrogen-bond acceptors (Lipinski definition) is 6. The zero-order chi connectivity index (χ0) is 25.9. The second-order valence-electron chi connectivity index (χ2n) is 11.2. The van der Waals surface area contributed by atoms with Gasteiger partial charge in [-0.2, -0.15) is 5.10 Å². The molecular weight excluding hydrogens is 466 g/mol. The van der Waals surface area contributed by atoms with Gasteiger partial charge in [0.2, 0.25) is 5.89 Å². The van der Waals surface area contributed by atoms with Crippen molar-refractivity contribution in [1.29, 1.82) is 0 Å². The number of carbonyl (C=O) groups is 1. The molecule has 0 spiro atoms. The molecule has 0 saturated carbocycles. The molecule has 2 N–H and O–H groups in total. The Hall–Kier alpha value is -3.49. The molecule has 6 rings (SSSR count). The van der Waals surface area contributed by atoms with Crippen LogP contribution in [0.5, 0.6) is 0 Å². The molecule has 2 aliphatic rings. The molecule has 2 unspecified atom stereocenters. The molecular formula is C29H33N5O3. The van der Waals surface area contributed by atoms with E-state index in [0.717, 1.165) is 34.9 Å². The molecule has 2 atom stereocenters. The highest BCUT2D eigenvalue weighted by Crippen LogP contribution is 2.40. The van der Waals surface area contributed by atoms with Gasteiger partial charge in [-0.1, -0.05) is 17.7 Å². The zero-order valence-corrected chi connectivity index (χ0v) is 21.7. The average Bonchev–Trinajstić information content (AvgIpc) is 3.54. The van der Waals surface area contributed by atoms with Crippen molar-refractivity contribution < 1.29 is 14.3 Å². The van der Waals surface area contributed by atoms with Gasteiger partial charge in [-0.3, -0.25) is 9.48 Å². The number of fused-ring (bicyclic) bond motifs is 3. The van der Waals surface area contributed by atoms with Crippen molar-refractivity contribution in [2.75, 3.05) is 12.4 Å². The first-order chi connectivity index (χ1) is 17.7. The van der Waals surface area contributed by atoms with Gasteiger partial charge in [0, 0.05) is 40.5 Å². The van der Waals surface area contributed by atoms with Crippen LogP contribution in [0.1, 0.15) is 67.2 Å². The third-order valence-electron chi connectivity index (χ3n) is 8.02. The summed E-state index contributed by atoms with van der Waals surface area (Å²) < 4.78 is 7.69. The maximum absolute atomic E-state index is 13.2. The molecule has 2 aromatic carbocycles. The largest absolute Gasteiger partial charge is 0.444 e. The van der Waals surface area contributed by atoms with Crippen molar-refractivity contribution >= 4 is 22.5 Å². The van der Waals surface area contributed by atoms with Gasteiger partial charge in [0.25, 0.3) is 5.91 Å². The Bertz CT molecular complexity index is 1470. The van der Waals surface area contributed by atoms with Crippen LogP contribution in [-0.4, -0.2) is 49.8 Å².